The Bertz CT molecular complexity index is 138. The van der Waals surface area contributed by atoms with Crippen molar-refractivity contribution in [2.45, 2.75) is 6.92 Å². The molecule has 0 rings (SSSR count). The summed E-state index contributed by atoms with van der Waals surface area (Å²) >= 11 is 0. The van der Waals surface area contributed by atoms with Gasteiger partial charge in [-0.25, -0.2) is 0 Å². The standard InChI is InChI=1S/C5H14BN3O2P/c1-2-9(6-12-4-10)8-5(11)3-7/h10,12H,2-4,7H2,1H3,(H,8,11). The summed E-state index contributed by atoms with van der Waals surface area (Å²) in [5.74, 6) is -0.226. The maximum Gasteiger partial charge on any atom is 0.269 e. The van der Waals surface area contributed by atoms with Crippen molar-refractivity contribution in [1.29, 1.82) is 0 Å². The molecule has 0 saturated carbocycles. The number of aliphatic hydroxyl groups excluding tert-OH is 1. The Morgan fingerprint density at radius 1 is 1.83 bits per heavy atom. The van der Waals surface area contributed by atoms with Crippen LogP contribution >= 0.6 is 8.46 Å². The molecule has 69 valence electrons. The van der Waals surface area contributed by atoms with Crippen molar-refractivity contribution in [2.75, 3.05) is 19.4 Å². The highest BCUT2D eigenvalue weighted by atomic mass is 31.1. The maximum atomic E-state index is 10.8. The Kier molecular flexibility index (Phi) is 7.40. The van der Waals surface area contributed by atoms with Crippen LogP contribution in [-0.4, -0.2) is 42.5 Å². The molecule has 0 aromatic rings. The number of hydrogen-bond acceptors (Lipinski definition) is 4. The van der Waals surface area contributed by atoms with E-state index in [1.54, 1.807) is 12.1 Å². The molecule has 0 aromatic heterocycles. The Hall–Kier alpha value is -0.155. The van der Waals surface area contributed by atoms with Gasteiger partial charge in [0.1, 0.15) is 0 Å². The highest BCUT2D eigenvalue weighted by Gasteiger charge is 2.05. The van der Waals surface area contributed by atoms with Crippen LogP contribution in [0.25, 0.3) is 0 Å². The van der Waals surface area contributed by atoms with Gasteiger partial charge in [-0.2, -0.15) is 0 Å². The summed E-state index contributed by atoms with van der Waals surface area (Å²) in [7, 11) is 2.05. The number of aliphatic hydroxyl groups is 1. The van der Waals surface area contributed by atoms with E-state index in [4.69, 9.17) is 10.8 Å². The van der Waals surface area contributed by atoms with Gasteiger partial charge < -0.3 is 10.8 Å². The third-order valence-electron chi connectivity index (χ3n) is 1.13. The van der Waals surface area contributed by atoms with Gasteiger partial charge in [0, 0.05) is 6.54 Å². The summed E-state index contributed by atoms with van der Waals surface area (Å²) in [6.45, 7) is 2.54. The number of nitrogens with zero attached hydrogens (tertiary/aromatic N) is 1. The molecule has 1 radical (unpaired) electrons. The molecule has 0 bridgehead atoms. The smallest absolute Gasteiger partial charge is 0.269 e. The third kappa shape index (κ3) is 5.49. The van der Waals surface area contributed by atoms with Gasteiger partial charge in [-0.3, -0.25) is 15.1 Å². The largest absolute Gasteiger partial charge is 0.393 e. The fourth-order valence-electron chi connectivity index (χ4n) is 0.559. The van der Waals surface area contributed by atoms with E-state index in [0.717, 1.165) is 0 Å². The van der Waals surface area contributed by atoms with Crippen LogP contribution in [0.1, 0.15) is 6.92 Å². The van der Waals surface area contributed by atoms with E-state index in [-0.39, 0.29) is 18.8 Å². The number of nitrogens with one attached hydrogen (secondary N) is 1. The molecule has 0 aromatic carbocycles. The minimum atomic E-state index is -0.226. The highest BCUT2D eigenvalue weighted by Crippen LogP contribution is 2.03. The molecule has 0 spiro atoms. The van der Waals surface area contributed by atoms with Gasteiger partial charge in [-0.05, 0) is 0 Å². The van der Waals surface area contributed by atoms with Gasteiger partial charge in [-0.1, -0.05) is 6.92 Å². The first-order chi connectivity index (χ1) is 5.74. The molecule has 4 N–H and O–H groups in total. The SMILES string of the molecule is CCN([B]PCO)NC(=O)CN. The van der Waals surface area contributed by atoms with Gasteiger partial charge in [0.2, 0.25) is 5.91 Å². The number of carbonyl (C=O) groups is 1. The second kappa shape index (κ2) is 7.49. The fourth-order valence-corrected chi connectivity index (χ4v) is 1.11. The molecule has 1 amide bonds. The lowest BCUT2D eigenvalue weighted by Crippen LogP contribution is -2.45. The van der Waals surface area contributed by atoms with Crippen LogP contribution in [0.2, 0.25) is 0 Å². The predicted octanol–water partition coefficient (Wildman–Crippen LogP) is -1.54. The molecule has 0 heterocycles. The molecular weight excluding hydrogens is 176 g/mol. The number of amides is 1. The molecule has 12 heavy (non-hydrogen) atoms. The maximum absolute atomic E-state index is 10.8. The van der Waals surface area contributed by atoms with Crippen molar-refractivity contribution in [2.24, 2.45) is 5.73 Å². The van der Waals surface area contributed by atoms with E-state index >= 15 is 0 Å². The Labute approximate surface area is 74.7 Å². The topological polar surface area (TPSA) is 78.6 Å². The van der Waals surface area contributed by atoms with Crippen LogP contribution < -0.4 is 11.2 Å². The Morgan fingerprint density at radius 2 is 2.50 bits per heavy atom. The second-order valence-electron chi connectivity index (χ2n) is 2.02. The molecular formula is C5H14BN3O2P. The third-order valence-corrected chi connectivity index (χ3v) is 1.81. The van der Waals surface area contributed by atoms with Gasteiger partial charge in [-0.15, -0.1) is 8.46 Å². The van der Waals surface area contributed by atoms with E-state index < -0.39 is 0 Å². The molecule has 7 heteroatoms. The Balaban J connectivity index is 3.59. The lowest BCUT2D eigenvalue weighted by atomic mass is 10.3. The zero-order valence-electron chi connectivity index (χ0n) is 7.08. The van der Waals surface area contributed by atoms with Crippen LogP contribution in [-0.2, 0) is 4.79 Å². The second-order valence-corrected chi connectivity index (χ2v) is 3.00. The van der Waals surface area contributed by atoms with E-state index in [0.29, 0.717) is 15.0 Å². The van der Waals surface area contributed by atoms with Crippen LogP contribution in [0.3, 0.4) is 0 Å². The molecule has 0 aliphatic carbocycles. The molecule has 1 unspecified atom stereocenters. The first-order valence-electron chi connectivity index (χ1n) is 3.68. The average Bonchev–Trinajstić information content (AvgIpc) is 2.11. The molecule has 0 aliphatic rings. The van der Waals surface area contributed by atoms with Crippen LogP contribution in [0, 0.1) is 0 Å². The number of hydrazine groups is 1. The average molecular weight is 190 g/mol. The van der Waals surface area contributed by atoms with Crippen LogP contribution in [0.15, 0.2) is 0 Å². The highest BCUT2D eigenvalue weighted by molar-refractivity contribution is 7.70. The summed E-state index contributed by atoms with van der Waals surface area (Å²) in [6.07, 6.45) is 0.106. The Morgan fingerprint density at radius 3 is 2.92 bits per heavy atom. The van der Waals surface area contributed by atoms with Gasteiger partial charge in [0.05, 0.1) is 12.9 Å². The zero-order valence-corrected chi connectivity index (χ0v) is 8.08. The molecule has 1 atom stereocenters. The van der Waals surface area contributed by atoms with Crippen molar-refractivity contribution >= 4 is 21.5 Å². The lowest BCUT2D eigenvalue weighted by Gasteiger charge is -2.19. The van der Waals surface area contributed by atoms with E-state index in [1.807, 2.05) is 6.92 Å². The number of hydrogen-bond donors (Lipinski definition) is 3. The summed E-state index contributed by atoms with van der Waals surface area (Å²) in [5, 5.41) is 8.52. The van der Waals surface area contributed by atoms with Crippen LogP contribution in [0.5, 0.6) is 0 Å². The van der Waals surface area contributed by atoms with Crippen molar-refractivity contribution in [3.63, 3.8) is 0 Å². The monoisotopic (exact) mass is 190 g/mol. The van der Waals surface area contributed by atoms with Crippen molar-refractivity contribution in [1.82, 2.24) is 10.3 Å². The number of carbonyl (C=O) groups excluding carboxylic acids is 1. The van der Waals surface area contributed by atoms with Crippen LogP contribution in [0.4, 0.5) is 0 Å². The number of rotatable bonds is 6. The summed E-state index contributed by atoms with van der Waals surface area (Å²) in [6, 6.07) is 0. The van der Waals surface area contributed by atoms with E-state index in [9.17, 15) is 4.79 Å². The normalized spacial score (nSPS) is 11.0. The lowest BCUT2D eigenvalue weighted by molar-refractivity contribution is -0.122. The predicted molar refractivity (Wildman–Crippen MR) is 50.7 cm³/mol. The van der Waals surface area contributed by atoms with Crippen molar-refractivity contribution in [3.8, 4) is 0 Å². The van der Waals surface area contributed by atoms with Crippen molar-refractivity contribution in [3.05, 3.63) is 0 Å². The minimum Gasteiger partial charge on any atom is -0.393 e. The molecule has 5 nitrogen and oxygen atoms in total. The van der Waals surface area contributed by atoms with E-state index in [1.165, 1.54) is 0 Å². The van der Waals surface area contributed by atoms with Gasteiger partial charge >= 0.3 is 0 Å². The van der Waals surface area contributed by atoms with Gasteiger partial charge in [0.25, 0.3) is 7.13 Å². The zero-order chi connectivity index (χ0) is 9.40. The number of nitrogens with two attached hydrogens (primary N) is 1. The first-order valence-corrected chi connectivity index (χ1v) is 4.96. The minimum absolute atomic E-state index is 0.0213. The first kappa shape index (κ1) is 11.8. The molecule has 0 aliphatic heterocycles. The molecule has 0 saturated heterocycles. The summed E-state index contributed by atoms with van der Waals surface area (Å²) in [4.78, 5) is 12.4. The summed E-state index contributed by atoms with van der Waals surface area (Å²) < 4.78 is 0. The van der Waals surface area contributed by atoms with Crippen molar-refractivity contribution < 1.29 is 9.90 Å². The molecule has 0 fully saturated rings. The quantitative estimate of drug-likeness (QED) is 0.269. The van der Waals surface area contributed by atoms with Gasteiger partial charge in [0.15, 0.2) is 0 Å². The summed E-state index contributed by atoms with van der Waals surface area (Å²) in [5.41, 5.74) is 7.66. The fraction of sp³-hybridized carbons (Fsp3) is 0.800. The van der Waals surface area contributed by atoms with E-state index in [2.05, 4.69) is 5.43 Å².